The summed E-state index contributed by atoms with van der Waals surface area (Å²) in [7, 11) is 0. The van der Waals surface area contributed by atoms with E-state index in [1.807, 2.05) is 25.1 Å². The van der Waals surface area contributed by atoms with E-state index in [9.17, 15) is 4.79 Å². The van der Waals surface area contributed by atoms with Crippen LogP contribution in [0.5, 0.6) is 0 Å². The third-order valence-corrected chi connectivity index (χ3v) is 1.82. The zero-order chi connectivity index (χ0) is 12.0. The van der Waals surface area contributed by atoms with Crippen LogP contribution in [0.2, 0.25) is 0 Å². The summed E-state index contributed by atoms with van der Waals surface area (Å²) in [5, 5.41) is 9.63. The van der Waals surface area contributed by atoms with E-state index in [0.29, 0.717) is 5.52 Å². The quantitative estimate of drug-likeness (QED) is 0.743. The van der Waals surface area contributed by atoms with E-state index in [2.05, 4.69) is 11.6 Å². The Morgan fingerprint density at radius 2 is 1.94 bits per heavy atom. The van der Waals surface area contributed by atoms with Crippen LogP contribution in [0.4, 0.5) is 0 Å². The van der Waals surface area contributed by atoms with Gasteiger partial charge in [-0.2, -0.15) is 0 Å². The molecule has 0 aliphatic heterocycles. The number of nitrogens with zero attached hydrogens (tertiary/aromatic N) is 1. The average Bonchev–Trinajstić information content (AvgIpc) is 2.29. The second-order valence-corrected chi connectivity index (χ2v) is 3.10. The maximum Gasteiger partial charge on any atom is 0.354 e. The van der Waals surface area contributed by atoms with Crippen LogP contribution in [0.3, 0.4) is 0 Å². The van der Waals surface area contributed by atoms with Gasteiger partial charge in [0.1, 0.15) is 5.69 Å². The molecule has 16 heavy (non-hydrogen) atoms. The number of hydrogen-bond acceptors (Lipinski definition) is 2. The number of aromatic carboxylic acids is 1. The van der Waals surface area contributed by atoms with Gasteiger partial charge in [-0.05, 0) is 19.1 Å². The van der Waals surface area contributed by atoms with Gasteiger partial charge in [0.15, 0.2) is 0 Å². The molecule has 0 bridgehead atoms. The molecule has 0 spiro atoms. The number of para-hydroxylation sites is 1. The van der Waals surface area contributed by atoms with Crippen molar-refractivity contribution in [3.63, 3.8) is 0 Å². The molecule has 3 nitrogen and oxygen atoms in total. The number of aromatic nitrogens is 1. The Labute approximate surface area is 94.1 Å². The first kappa shape index (κ1) is 11.9. The Hall–Kier alpha value is -2.16. The van der Waals surface area contributed by atoms with Crippen molar-refractivity contribution in [2.45, 2.75) is 6.92 Å². The highest BCUT2D eigenvalue weighted by atomic mass is 16.4. The molecule has 0 aliphatic carbocycles. The summed E-state index contributed by atoms with van der Waals surface area (Å²) in [4.78, 5) is 14.6. The highest BCUT2D eigenvalue weighted by Gasteiger charge is 2.03. The molecule has 1 N–H and O–H groups in total. The van der Waals surface area contributed by atoms with Gasteiger partial charge in [-0.1, -0.05) is 30.3 Å². The fourth-order valence-corrected chi connectivity index (χ4v) is 1.19. The Balaban J connectivity index is 0.000000386. The smallest absolute Gasteiger partial charge is 0.354 e. The Morgan fingerprint density at radius 1 is 1.31 bits per heavy atom. The molecule has 1 aromatic carbocycles. The first-order chi connectivity index (χ1) is 7.69. The van der Waals surface area contributed by atoms with Crippen LogP contribution in [0.25, 0.3) is 10.9 Å². The molecule has 0 saturated heterocycles. The molecule has 2 aromatic rings. The van der Waals surface area contributed by atoms with Crippen LogP contribution < -0.4 is 0 Å². The van der Waals surface area contributed by atoms with Gasteiger partial charge in [0, 0.05) is 5.39 Å². The van der Waals surface area contributed by atoms with Gasteiger partial charge in [-0.25, -0.2) is 9.78 Å². The molecule has 3 heteroatoms. The Morgan fingerprint density at radius 3 is 2.56 bits per heavy atom. The van der Waals surface area contributed by atoms with E-state index >= 15 is 0 Å². The number of pyridine rings is 1. The maximum atomic E-state index is 10.6. The van der Waals surface area contributed by atoms with Crippen molar-refractivity contribution in [1.29, 1.82) is 0 Å². The normalized spacial score (nSPS) is 9.06. The molecule has 0 saturated carbocycles. The third kappa shape index (κ3) is 2.92. The largest absolute Gasteiger partial charge is 0.477 e. The molecular formula is C13H13NO2. The zero-order valence-corrected chi connectivity index (χ0v) is 9.05. The van der Waals surface area contributed by atoms with Crippen LogP contribution in [0, 0.1) is 0 Å². The lowest BCUT2D eigenvalue weighted by Gasteiger charge is -1.97. The fourth-order valence-electron chi connectivity index (χ4n) is 1.19. The molecule has 1 aromatic heterocycles. The molecule has 0 unspecified atom stereocenters. The van der Waals surface area contributed by atoms with Gasteiger partial charge in [-0.15, -0.1) is 6.58 Å². The van der Waals surface area contributed by atoms with E-state index in [1.165, 1.54) is 6.07 Å². The monoisotopic (exact) mass is 215 g/mol. The molecule has 0 aliphatic rings. The first-order valence-electron chi connectivity index (χ1n) is 4.85. The third-order valence-electron chi connectivity index (χ3n) is 1.82. The standard InChI is InChI=1S/C10H7NO2.C3H6/c12-10(13)9-6-5-7-3-1-2-4-8(7)11-9;1-3-2/h1-6H,(H,12,13);3H,1H2,2H3. The minimum absolute atomic E-state index is 0.0821. The summed E-state index contributed by atoms with van der Waals surface area (Å²) in [6.07, 6.45) is 1.75. The van der Waals surface area contributed by atoms with E-state index < -0.39 is 5.97 Å². The lowest BCUT2D eigenvalue weighted by molar-refractivity contribution is 0.0691. The van der Waals surface area contributed by atoms with Crippen molar-refractivity contribution >= 4 is 16.9 Å². The molecule has 1 heterocycles. The molecular weight excluding hydrogens is 202 g/mol. The predicted octanol–water partition coefficient (Wildman–Crippen LogP) is 3.13. The SMILES string of the molecule is C=CC.O=C(O)c1ccc2ccccc2n1. The van der Waals surface area contributed by atoms with Gasteiger partial charge in [0.2, 0.25) is 0 Å². The first-order valence-corrected chi connectivity index (χ1v) is 4.85. The van der Waals surface area contributed by atoms with Crippen molar-refractivity contribution < 1.29 is 9.90 Å². The van der Waals surface area contributed by atoms with Crippen molar-refractivity contribution in [3.05, 3.63) is 54.7 Å². The number of allylic oxidation sites excluding steroid dienone is 1. The van der Waals surface area contributed by atoms with Gasteiger partial charge < -0.3 is 5.11 Å². The number of carboxylic acids is 1. The summed E-state index contributed by atoms with van der Waals surface area (Å²) in [6, 6.07) is 10.7. The van der Waals surface area contributed by atoms with E-state index in [1.54, 1.807) is 18.2 Å². The van der Waals surface area contributed by atoms with Crippen LogP contribution in [0.15, 0.2) is 49.1 Å². The number of fused-ring (bicyclic) bond motifs is 1. The minimum atomic E-state index is -0.995. The molecule has 82 valence electrons. The van der Waals surface area contributed by atoms with E-state index in [4.69, 9.17) is 5.11 Å². The molecule has 2 rings (SSSR count). The zero-order valence-electron chi connectivity index (χ0n) is 9.05. The highest BCUT2D eigenvalue weighted by molar-refractivity contribution is 5.89. The van der Waals surface area contributed by atoms with Crippen molar-refractivity contribution in [2.24, 2.45) is 0 Å². The molecule has 0 fully saturated rings. The number of carboxylic acid groups (broad SMARTS) is 1. The van der Waals surface area contributed by atoms with Crippen LogP contribution in [0.1, 0.15) is 17.4 Å². The lowest BCUT2D eigenvalue weighted by atomic mass is 10.2. The minimum Gasteiger partial charge on any atom is -0.477 e. The number of rotatable bonds is 1. The van der Waals surface area contributed by atoms with Crippen molar-refractivity contribution in [2.75, 3.05) is 0 Å². The predicted molar refractivity (Wildman–Crippen MR) is 64.6 cm³/mol. The van der Waals surface area contributed by atoms with Gasteiger partial charge in [-0.3, -0.25) is 0 Å². The van der Waals surface area contributed by atoms with Crippen LogP contribution in [-0.2, 0) is 0 Å². The van der Waals surface area contributed by atoms with Crippen molar-refractivity contribution in [3.8, 4) is 0 Å². The lowest BCUT2D eigenvalue weighted by Crippen LogP contribution is -1.99. The summed E-state index contributed by atoms with van der Waals surface area (Å²) < 4.78 is 0. The Bertz CT molecular complexity index is 506. The fraction of sp³-hybridized carbons (Fsp3) is 0.0769. The van der Waals surface area contributed by atoms with Gasteiger partial charge in [0.25, 0.3) is 0 Å². The second-order valence-electron chi connectivity index (χ2n) is 3.10. The molecule has 0 radical (unpaired) electrons. The summed E-state index contributed by atoms with van der Waals surface area (Å²) in [5.41, 5.74) is 0.793. The molecule has 0 atom stereocenters. The Kier molecular flexibility index (Phi) is 4.21. The second kappa shape index (κ2) is 5.66. The van der Waals surface area contributed by atoms with Gasteiger partial charge >= 0.3 is 5.97 Å². The number of hydrogen-bond donors (Lipinski definition) is 1. The van der Waals surface area contributed by atoms with Crippen LogP contribution in [-0.4, -0.2) is 16.1 Å². The van der Waals surface area contributed by atoms with E-state index in [-0.39, 0.29) is 5.69 Å². The molecule has 0 amide bonds. The summed E-state index contributed by atoms with van der Waals surface area (Å²) in [5.74, 6) is -0.995. The van der Waals surface area contributed by atoms with Crippen molar-refractivity contribution in [1.82, 2.24) is 4.98 Å². The van der Waals surface area contributed by atoms with E-state index in [0.717, 1.165) is 5.39 Å². The van der Waals surface area contributed by atoms with Gasteiger partial charge in [0.05, 0.1) is 5.52 Å². The average molecular weight is 215 g/mol. The maximum absolute atomic E-state index is 10.6. The summed E-state index contributed by atoms with van der Waals surface area (Å²) in [6.45, 7) is 5.25. The number of carbonyl (C=O) groups is 1. The topological polar surface area (TPSA) is 50.2 Å². The number of benzene rings is 1. The highest BCUT2D eigenvalue weighted by Crippen LogP contribution is 2.11. The summed E-state index contributed by atoms with van der Waals surface area (Å²) >= 11 is 0. The van der Waals surface area contributed by atoms with Crippen LogP contribution >= 0.6 is 0 Å².